The molecule has 6 heteroatoms. The number of ether oxygens (including phenoxy) is 2. The topological polar surface area (TPSA) is 63.5 Å². The van der Waals surface area contributed by atoms with Crippen LogP contribution in [0.2, 0.25) is 0 Å². The fraction of sp³-hybridized carbons (Fsp3) is 0.107. The Hall–Kier alpha value is -4.45. The van der Waals surface area contributed by atoms with E-state index in [0.717, 1.165) is 33.9 Å². The molecule has 0 N–H and O–H groups in total. The number of aliphatic imine (C=N–C) groups is 2. The van der Waals surface area contributed by atoms with Crippen molar-refractivity contribution >= 4 is 29.2 Å². The van der Waals surface area contributed by atoms with Gasteiger partial charge in [-0.3, -0.25) is 9.69 Å². The number of benzene rings is 3. The summed E-state index contributed by atoms with van der Waals surface area (Å²) < 4.78 is 10.5. The third-order valence-electron chi connectivity index (χ3n) is 5.68. The maximum Gasteiger partial charge on any atom is 0.282 e. The molecule has 3 aromatic carbocycles. The zero-order valence-electron chi connectivity index (χ0n) is 18.9. The summed E-state index contributed by atoms with van der Waals surface area (Å²) in [7, 11) is 3.26. The predicted octanol–water partition coefficient (Wildman–Crippen LogP) is 4.98. The SMILES string of the molecule is COc1ccc(/C=C2\N=C3C(Cc4ccccc4)=NC(c4ccc(OC)cc4)=CN3C2=O)cc1. The van der Waals surface area contributed by atoms with Gasteiger partial charge in [0.2, 0.25) is 0 Å². The number of rotatable bonds is 6. The van der Waals surface area contributed by atoms with E-state index in [2.05, 4.69) is 4.99 Å². The molecule has 0 aromatic heterocycles. The van der Waals surface area contributed by atoms with Gasteiger partial charge in [0, 0.05) is 18.2 Å². The van der Waals surface area contributed by atoms with Gasteiger partial charge in [0.25, 0.3) is 5.91 Å². The van der Waals surface area contributed by atoms with Crippen LogP contribution in [0.4, 0.5) is 0 Å². The molecule has 0 radical (unpaired) electrons. The summed E-state index contributed by atoms with van der Waals surface area (Å²) in [4.78, 5) is 24.5. The zero-order valence-corrected chi connectivity index (χ0v) is 18.9. The Balaban J connectivity index is 1.54. The van der Waals surface area contributed by atoms with Crippen LogP contribution in [0, 0.1) is 0 Å². The molecule has 2 aliphatic heterocycles. The number of carbonyl (C=O) groups excluding carboxylic acids is 1. The minimum Gasteiger partial charge on any atom is -0.497 e. The molecule has 34 heavy (non-hydrogen) atoms. The van der Waals surface area contributed by atoms with E-state index in [0.29, 0.717) is 23.7 Å². The Morgan fingerprint density at radius 1 is 0.824 bits per heavy atom. The van der Waals surface area contributed by atoms with Crippen LogP contribution in [-0.2, 0) is 11.2 Å². The number of amidine groups is 1. The summed E-state index contributed by atoms with van der Waals surface area (Å²) in [6, 6.07) is 25.2. The van der Waals surface area contributed by atoms with E-state index in [4.69, 9.17) is 14.5 Å². The number of hydrogen-bond acceptors (Lipinski definition) is 5. The molecule has 6 nitrogen and oxygen atoms in total. The first kappa shape index (κ1) is 21.4. The first-order valence-corrected chi connectivity index (χ1v) is 10.9. The van der Waals surface area contributed by atoms with Crippen molar-refractivity contribution in [2.75, 3.05) is 14.2 Å². The van der Waals surface area contributed by atoms with Crippen LogP contribution in [0.1, 0.15) is 16.7 Å². The third kappa shape index (κ3) is 4.26. The minimum atomic E-state index is -0.183. The van der Waals surface area contributed by atoms with E-state index >= 15 is 0 Å². The lowest BCUT2D eigenvalue weighted by atomic mass is 10.0. The number of amides is 1. The lowest BCUT2D eigenvalue weighted by Crippen LogP contribution is -2.36. The van der Waals surface area contributed by atoms with Crippen molar-refractivity contribution in [1.82, 2.24) is 4.90 Å². The van der Waals surface area contributed by atoms with Gasteiger partial charge < -0.3 is 9.47 Å². The smallest absolute Gasteiger partial charge is 0.282 e. The fourth-order valence-electron chi connectivity index (χ4n) is 3.87. The van der Waals surface area contributed by atoms with Gasteiger partial charge in [-0.1, -0.05) is 42.5 Å². The second kappa shape index (κ2) is 9.19. The van der Waals surface area contributed by atoms with Gasteiger partial charge in [-0.15, -0.1) is 0 Å². The van der Waals surface area contributed by atoms with Crippen LogP contribution in [0.15, 0.2) is 101 Å². The second-order valence-electron chi connectivity index (χ2n) is 7.88. The number of fused-ring (bicyclic) bond motifs is 1. The van der Waals surface area contributed by atoms with E-state index < -0.39 is 0 Å². The lowest BCUT2D eigenvalue weighted by molar-refractivity contribution is -0.120. The molecule has 5 rings (SSSR count). The van der Waals surface area contributed by atoms with Gasteiger partial charge in [0.15, 0.2) is 5.84 Å². The van der Waals surface area contributed by atoms with Crippen molar-refractivity contribution in [3.63, 3.8) is 0 Å². The summed E-state index contributed by atoms with van der Waals surface area (Å²) in [5, 5.41) is 0. The maximum atomic E-state index is 13.3. The van der Waals surface area contributed by atoms with Crippen LogP contribution < -0.4 is 9.47 Å². The highest BCUT2D eigenvalue weighted by Crippen LogP contribution is 2.29. The molecule has 0 saturated carbocycles. The van der Waals surface area contributed by atoms with Gasteiger partial charge >= 0.3 is 0 Å². The molecule has 0 fully saturated rings. The van der Waals surface area contributed by atoms with Crippen LogP contribution in [0.5, 0.6) is 11.5 Å². The van der Waals surface area contributed by atoms with Gasteiger partial charge in [0.05, 0.1) is 25.6 Å². The van der Waals surface area contributed by atoms with E-state index in [9.17, 15) is 4.79 Å². The molecule has 0 spiro atoms. The molecule has 2 heterocycles. The third-order valence-corrected chi connectivity index (χ3v) is 5.68. The summed E-state index contributed by atoms with van der Waals surface area (Å²) in [6.45, 7) is 0. The van der Waals surface area contributed by atoms with Crippen molar-refractivity contribution in [3.8, 4) is 11.5 Å². The highest BCUT2D eigenvalue weighted by molar-refractivity contribution is 6.48. The molecule has 0 saturated heterocycles. The molecule has 2 aliphatic rings. The van der Waals surface area contributed by atoms with E-state index in [-0.39, 0.29) is 5.91 Å². The van der Waals surface area contributed by atoms with Crippen LogP contribution >= 0.6 is 0 Å². The summed E-state index contributed by atoms with van der Waals surface area (Å²) in [5.74, 6) is 1.90. The predicted molar refractivity (Wildman–Crippen MR) is 134 cm³/mol. The van der Waals surface area contributed by atoms with Gasteiger partial charge in [0.1, 0.15) is 17.2 Å². The highest BCUT2D eigenvalue weighted by atomic mass is 16.5. The van der Waals surface area contributed by atoms with Crippen LogP contribution in [0.3, 0.4) is 0 Å². The highest BCUT2D eigenvalue weighted by Gasteiger charge is 2.35. The summed E-state index contributed by atoms with van der Waals surface area (Å²) in [5.41, 5.74) is 4.67. The van der Waals surface area contributed by atoms with Gasteiger partial charge in [-0.05, 0) is 53.6 Å². The van der Waals surface area contributed by atoms with Gasteiger partial charge in [-0.25, -0.2) is 9.98 Å². The quantitative estimate of drug-likeness (QED) is 0.499. The minimum absolute atomic E-state index is 0.183. The van der Waals surface area contributed by atoms with E-state index in [1.807, 2.05) is 78.9 Å². The second-order valence-corrected chi connectivity index (χ2v) is 7.88. The standard InChI is InChI=1S/C28H23N3O3/c1-33-22-12-8-20(9-13-22)17-25-28(32)31-18-26(21-10-14-23(34-2)15-11-21)29-24(27(31)30-25)16-19-6-4-3-5-7-19/h3-15,17-18H,16H2,1-2H3/b25-17-. The molecule has 0 atom stereocenters. The van der Waals surface area contributed by atoms with Crippen molar-refractivity contribution in [3.05, 3.63) is 107 Å². The molecule has 168 valence electrons. The van der Waals surface area contributed by atoms with Crippen molar-refractivity contribution in [2.45, 2.75) is 6.42 Å². The van der Waals surface area contributed by atoms with Crippen molar-refractivity contribution in [1.29, 1.82) is 0 Å². The molecule has 0 unspecified atom stereocenters. The molecule has 0 bridgehead atoms. The zero-order chi connectivity index (χ0) is 23.5. The summed E-state index contributed by atoms with van der Waals surface area (Å²) >= 11 is 0. The largest absolute Gasteiger partial charge is 0.497 e. The monoisotopic (exact) mass is 449 g/mol. The Labute approximate surface area is 198 Å². The molecular weight excluding hydrogens is 426 g/mol. The van der Waals surface area contributed by atoms with Crippen molar-refractivity contribution < 1.29 is 14.3 Å². The Bertz CT molecular complexity index is 1340. The van der Waals surface area contributed by atoms with E-state index in [1.54, 1.807) is 31.4 Å². The van der Waals surface area contributed by atoms with Crippen LogP contribution in [-0.4, -0.2) is 36.6 Å². The maximum absolute atomic E-state index is 13.3. The fourth-order valence-corrected chi connectivity index (χ4v) is 3.87. The Morgan fingerprint density at radius 3 is 2.12 bits per heavy atom. The number of nitrogens with zero attached hydrogens (tertiary/aromatic N) is 3. The molecule has 3 aromatic rings. The average Bonchev–Trinajstić information content (AvgIpc) is 3.20. The van der Waals surface area contributed by atoms with Gasteiger partial charge in [-0.2, -0.15) is 0 Å². The average molecular weight is 450 g/mol. The van der Waals surface area contributed by atoms with Crippen molar-refractivity contribution in [2.24, 2.45) is 9.98 Å². The molecule has 0 aliphatic carbocycles. The normalized spacial score (nSPS) is 16.1. The molecule has 1 amide bonds. The lowest BCUT2D eigenvalue weighted by Gasteiger charge is -2.22. The number of carbonyl (C=O) groups is 1. The molecular formula is C28H23N3O3. The number of methoxy groups -OCH3 is 2. The Kier molecular flexibility index (Phi) is 5.79. The number of hydrogen-bond donors (Lipinski definition) is 0. The first-order valence-electron chi connectivity index (χ1n) is 10.9. The summed E-state index contributed by atoms with van der Waals surface area (Å²) in [6.07, 6.45) is 4.10. The van der Waals surface area contributed by atoms with Crippen LogP contribution in [0.25, 0.3) is 11.8 Å². The first-order chi connectivity index (χ1) is 16.6. The van der Waals surface area contributed by atoms with E-state index in [1.165, 1.54) is 0 Å². The Morgan fingerprint density at radius 2 is 1.47 bits per heavy atom.